The van der Waals surface area contributed by atoms with Gasteiger partial charge < -0.3 is 14.7 Å². The highest BCUT2D eigenvalue weighted by Gasteiger charge is 2.34. The van der Waals surface area contributed by atoms with Gasteiger partial charge in [-0.05, 0) is 13.8 Å². The largest absolute Gasteiger partial charge is 0.481 e. The van der Waals surface area contributed by atoms with Crippen molar-refractivity contribution < 1.29 is 14.6 Å². The van der Waals surface area contributed by atoms with Crippen LogP contribution in [0.25, 0.3) is 0 Å². The molecule has 6 nitrogen and oxygen atoms in total. The molecule has 0 unspecified atom stereocenters. The predicted molar refractivity (Wildman–Crippen MR) is 61.3 cm³/mol. The molecule has 1 aliphatic rings. The molecule has 0 atom stereocenters. The van der Waals surface area contributed by atoms with E-state index in [1.54, 1.807) is 6.07 Å². The van der Waals surface area contributed by atoms with Gasteiger partial charge in [0.15, 0.2) is 0 Å². The maximum Gasteiger partial charge on any atom is 0.310 e. The van der Waals surface area contributed by atoms with E-state index in [9.17, 15) is 4.79 Å². The standard InChI is InChI=1S/C11H15N3O3/c1-3-17-9-4-7(2)12-11(13-9)14-5-8(6-14)10(15)16/h4,8H,3,5-6H2,1-2H3,(H,15,16). The Labute approximate surface area is 99.2 Å². The fourth-order valence-corrected chi connectivity index (χ4v) is 1.69. The SMILES string of the molecule is CCOc1cc(C)nc(N2CC(C(=O)O)C2)n1. The molecule has 0 saturated carbocycles. The Bertz CT molecular complexity index is 430. The van der Waals surface area contributed by atoms with Gasteiger partial charge in [-0.25, -0.2) is 4.98 Å². The molecule has 1 N–H and O–H groups in total. The predicted octanol–water partition coefficient (Wildman–Crippen LogP) is 0.705. The molecule has 1 saturated heterocycles. The summed E-state index contributed by atoms with van der Waals surface area (Å²) in [5, 5.41) is 8.80. The van der Waals surface area contributed by atoms with Crippen LogP contribution in [0, 0.1) is 12.8 Å². The summed E-state index contributed by atoms with van der Waals surface area (Å²) in [5.74, 6) is 0.00770. The fraction of sp³-hybridized carbons (Fsp3) is 0.545. The van der Waals surface area contributed by atoms with Crippen molar-refractivity contribution in [3.8, 4) is 5.88 Å². The number of carbonyl (C=O) groups is 1. The lowest BCUT2D eigenvalue weighted by molar-refractivity contribution is -0.142. The molecule has 1 aliphatic heterocycles. The number of hydrogen-bond acceptors (Lipinski definition) is 5. The van der Waals surface area contributed by atoms with Crippen molar-refractivity contribution in [1.82, 2.24) is 9.97 Å². The first-order valence-electron chi connectivity index (χ1n) is 5.56. The monoisotopic (exact) mass is 237 g/mol. The van der Waals surface area contributed by atoms with Crippen molar-refractivity contribution in [3.05, 3.63) is 11.8 Å². The molecule has 0 radical (unpaired) electrons. The van der Waals surface area contributed by atoms with Crippen LogP contribution < -0.4 is 9.64 Å². The number of aliphatic carboxylic acids is 1. The summed E-state index contributed by atoms with van der Waals surface area (Å²) in [6.07, 6.45) is 0. The Balaban J connectivity index is 2.09. The van der Waals surface area contributed by atoms with Crippen LogP contribution in [0.3, 0.4) is 0 Å². The molecule has 1 aromatic rings. The average molecular weight is 237 g/mol. The maximum atomic E-state index is 10.7. The third kappa shape index (κ3) is 2.46. The molecule has 6 heteroatoms. The van der Waals surface area contributed by atoms with Crippen LogP contribution >= 0.6 is 0 Å². The summed E-state index contributed by atoms with van der Waals surface area (Å²) in [4.78, 5) is 21.1. The lowest BCUT2D eigenvalue weighted by Crippen LogP contribution is -2.51. The van der Waals surface area contributed by atoms with Crippen molar-refractivity contribution in [3.63, 3.8) is 0 Å². The number of aromatic nitrogens is 2. The molecule has 2 heterocycles. The molecule has 0 bridgehead atoms. The molecule has 0 spiro atoms. The molecule has 0 aromatic carbocycles. The van der Waals surface area contributed by atoms with Crippen molar-refractivity contribution in [2.24, 2.45) is 5.92 Å². The Morgan fingerprint density at radius 1 is 1.59 bits per heavy atom. The molecule has 17 heavy (non-hydrogen) atoms. The second-order valence-corrected chi connectivity index (χ2v) is 4.02. The number of ether oxygens (including phenoxy) is 1. The normalized spacial score (nSPS) is 15.5. The molecule has 1 fully saturated rings. The van der Waals surface area contributed by atoms with Gasteiger partial charge in [-0.2, -0.15) is 4.98 Å². The van der Waals surface area contributed by atoms with Crippen LogP contribution in [0.5, 0.6) is 5.88 Å². The summed E-state index contributed by atoms with van der Waals surface area (Å²) < 4.78 is 5.33. The van der Waals surface area contributed by atoms with E-state index < -0.39 is 5.97 Å². The first-order chi connectivity index (χ1) is 8.10. The molecular formula is C11H15N3O3. The van der Waals surface area contributed by atoms with Gasteiger partial charge in [-0.3, -0.25) is 4.79 Å². The number of anilines is 1. The smallest absolute Gasteiger partial charge is 0.310 e. The number of carboxylic acid groups (broad SMARTS) is 1. The molecule has 1 aromatic heterocycles. The third-order valence-corrected chi connectivity index (χ3v) is 2.62. The van der Waals surface area contributed by atoms with Gasteiger partial charge in [-0.1, -0.05) is 0 Å². The zero-order valence-corrected chi connectivity index (χ0v) is 9.88. The molecule has 92 valence electrons. The van der Waals surface area contributed by atoms with Gasteiger partial charge in [-0.15, -0.1) is 0 Å². The molecule has 0 aliphatic carbocycles. The Morgan fingerprint density at radius 3 is 2.88 bits per heavy atom. The molecule has 0 amide bonds. The first-order valence-corrected chi connectivity index (χ1v) is 5.56. The zero-order chi connectivity index (χ0) is 12.4. The van der Waals surface area contributed by atoms with Gasteiger partial charge in [0, 0.05) is 24.8 Å². The van der Waals surface area contributed by atoms with E-state index in [-0.39, 0.29) is 5.92 Å². The average Bonchev–Trinajstić information content (AvgIpc) is 2.13. The quantitative estimate of drug-likeness (QED) is 0.831. The molecule has 2 rings (SSSR count). The van der Waals surface area contributed by atoms with Gasteiger partial charge in [0.2, 0.25) is 11.8 Å². The Kier molecular flexibility index (Phi) is 3.12. The maximum absolute atomic E-state index is 10.7. The lowest BCUT2D eigenvalue weighted by atomic mass is 10.0. The van der Waals surface area contributed by atoms with Gasteiger partial charge in [0.1, 0.15) is 0 Å². The van der Waals surface area contributed by atoms with E-state index in [0.29, 0.717) is 31.5 Å². The van der Waals surface area contributed by atoms with Gasteiger partial charge in [0.05, 0.1) is 12.5 Å². The van der Waals surface area contributed by atoms with Crippen molar-refractivity contribution in [2.75, 3.05) is 24.6 Å². The topological polar surface area (TPSA) is 75.5 Å². The van der Waals surface area contributed by atoms with Crippen molar-refractivity contribution >= 4 is 11.9 Å². The van der Waals surface area contributed by atoms with Crippen LogP contribution in [-0.4, -0.2) is 40.7 Å². The van der Waals surface area contributed by atoms with Crippen molar-refractivity contribution in [1.29, 1.82) is 0 Å². The third-order valence-electron chi connectivity index (χ3n) is 2.62. The highest BCUT2D eigenvalue weighted by molar-refractivity contribution is 5.73. The number of aryl methyl sites for hydroxylation is 1. The highest BCUT2D eigenvalue weighted by Crippen LogP contribution is 2.23. The summed E-state index contributed by atoms with van der Waals surface area (Å²) in [5.41, 5.74) is 0.817. The fourth-order valence-electron chi connectivity index (χ4n) is 1.69. The second kappa shape index (κ2) is 4.57. The van der Waals surface area contributed by atoms with E-state index in [2.05, 4.69) is 9.97 Å². The number of hydrogen-bond donors (Lipinski definition) is 1. The van der Waals surface area contributed by atoms with Gasteiger partial charge in [0.25, 0.3) is 0 Å². The van der Waals surface area contributed by atoms with E-state index in [0.717, 1.165) is 5.69 Å². The van der Waals surface area contributed by atoms with Crippen LogP contribution in [0.4, 0.5) is 5.95 Å². The Hall–Kier alpha value is -1.85. The zero-order valence-electron chi connectivity index (χ0n) is 9.88. The highest BCUT2D eigenvalue weighted by atomic mass is 16.5. The van der Waals surface area contributed by atoms with E-state index >= 15 is 0 Å². The molecular weight excluding hydrogens is 222 g/mol. The Morgan fingerprint density at radius 2 is 2.29 bits per heavy atom. The minimum atomic E-state index is -0.765. The van der Waals surface area contributed by atoms with Crippen molar-refractivity contribution in [2.45, 2.75) is 13.8 Å². The van der Waals surface area contributed by atoms with Crippen LogP contribution in [-0.2, 0) is 4.79 Å². The number of nitrogens with zero attached hydrogens (tertiary/aromatic N) is 3. The van der Waals surface area contributed by atoms with Crippen LogP contribution in [0.2, 0.25) is 0 Å². The van der Waals surface area contributed by atoms with Crippen LogP contribution in [0.1, 0.15) is 12.6 Å². The van der Waals surface area contributed by atoms with E-state index in [1.165, 1.54) is 0 Å². The first kappa shape index (κ1) is 11.6. The summed E-state index contributed by atoms with van der Waals surface area (Å²) in [6, 6.07) is 1.77. The van der Waals surface area contributed by atoms with E-state index in [1.807, 2.05) is 18.7 Å². The minimum absolute atomic E-state index is 0.311. The van der Waals surface area contributed by atoms with E-state index in [4.69, 9.17) is 9.84 Å². The second-order valence-electron chi connectivity index (χ2n) is 4.02. The number of rotatable bonds is 4. The number of carboxylic acids is 1. The van der Waals surface area contributed by atoms with Crippen LogP contribution in [0.15, 0.2) is 6.07 Å². The van der Waals surface area contributed by atoms with Gasteiger partial charge >= 0.3 is 5.97 Å². The summed E-state index contributed by atoms with van der Waals surface area (Å²) >= 11 is 0. The summed E-state index contributed by atoms with van der Waals surface area (Å²) in [7, 11) is 0. The minimum Gasteiger partial charge on any atom is -0.481 e. The lowest BCUT2D eigenvalue weighted by Gasteiger charge is -2.36. The summed E-state index contributed by atoms with van der Waals surface area (Å²) in [6.45, 7) is 5.23.